The number of nitrogens with zero attached hydrogens (tertiary/aromatic N) is 2. The van der Waals surface area contributed by atoms with Gasteiger partial charge in [0.2, 0.25) is 5.95 Å². The molecular weight excluding hydrogens is 328 g/mol. The second-order valence-corrected chi connectivity index (χ2v) is 6.75. The first-order chi connectivity index (χ1) is 12.7. The van der Waals surface area contributed by atoms with Gasteiger partial charge in [-0.3, -0.25) is 4.79 Å². The molecular formula is C20H26N4O2. The van der Waals surface area contributed by atoms with Crippen LogP contribution in [0.5, 0.6) is 0 Å². The van der Waals surface area contributed by atoms with Crippen LogP contribution in [-0.4, -0.2) is 42.7 Å². The predicted molar refractivity (Wildman–Crippen MR) is 102 cm³/mol. The van der Waals surface area contributed by atoms with Crippen LogP contribution in [0.4, 0.5) is 5.95 Å². The van der Waals surface area contributed by atoms with E-state index in [2.05, 4.69) is 20.6 Å². The van der Waals surface area contributed by atoms with Crippen LogP contribution < -0.4 is 10.6 Å². The largest absolute Gasteiger partial charge is 0.385 e. The molecule has 0 atom stereocenters. The third-order valence-corrected chi connectivity index (χ3v) is 4.38. The fraction of sp³-hybridized carbons (Fsp3) is 0.450. The van der Waals surface area contributed by atoms with Crippen molar-refractivity contribution < 1.29 is 9.53 Å². The summed E-state index contributed by atoms with van der Waals surface area (Å²) >= 11 is 0. The molecule has 1 aromatic carbocycles. The molecule has 26 heavy (non-hydrogen) atoms. The van der Waals surface area contributed by atoms with E-state index in [9.17, 15) is 4.79 Å². The molecule has 138 valence electrons. The van der Waals surface area contributed by atoms with Gasteiger partial charge in [0.05, 0.1) is 11.3 Å². The standard InChI is InChI=1S/C20H26N4O2/c1-14-5-3-6-16(11-14)18-17(19(25)21-9-4-10-26-2)13-23-20(24-18)22-12-15-7-8-15/h3,5-6,11,13,15H,4,7-10,12H2,1-2H3,(H,21,25)(H,22,23,24). The highest BCUT2D eigenvalue weighted by molar-refractivity contribution is 5.99. The lowest BCUT2D eigenvalue weighted by atomic mass is 10.0. The van der Waals surface area contributed by atoms with Crippen LogP contribution >= 0.6 is 0 Å². The number of benzene rings is 1. The Labute approximate surface area is 154 Å². The van der Waals surface area contributed by atoms with Crippen LogP contribution in [0, 0.1) is 12.8 Å². The Hall–Kier alpha value is -2.47. The summed E-state index contributed by atoms with van der Waals surface area (Å²) in [7, 11) is 1.65. The van der Waals surface area contributed by atoms with Gasteiger partial charge in [-0.15, -0.1) is 0 Å². The summed E-state index contributed by atoms with van der Waals surface area (Å²) in [6, 6.07) is 8.02. The maximum absolute atomic E-state index is 12.6. The zero-order valence-corrected chi connectivity index (χ0v) is 15.4. The highest BCUT2D eigenvalue weighted by Gasteiger charge is 2.22. The molecule has 0 bridgehead atoms. The van der Waals surface area contributed by atoms with E-state index in [0.717, 1.165) is 30.0 Å². The number of ether oxygens (including phenoxy) is 1. The number of hydrogen-bond donors (Lipinski definition) is 2. The third-order valence-electron chi connectivity index (χ3n) is 4.38. The van der Waals surface area contributed by atoms with Crippen LogP contribution in [-0.2, 0) is 4.74 Å². The number of rotatable bonds is 9. The molecule has 1 amide bonds. The molecule has 1 saturated carbocycles. The molecule has 1 aliphatic carbocycles. The molecule has 3 rings (SSSR count). The van der Waals surface area contributed by atoms with E-state index < -0.39 is 0 Å². The quantitative estimate of drug-likeness (QED) is 0.677. The van der Waals surface area contributed by atoms with E-state index in [-0.39, 0.29) is 5.91 Å². The molecule has 6 nitrogen and oxygen atoms in total. The molecule has 0 unspecified atom stereocenters. The molecule has 1 fully saturated rings. The topological polar surface area (TPSA) is 76.1 Å². The molecule has 2 N–H and O–H groups in total. The second kappa shape index (κ2) is 8.76. The molecule has 0 saturated heterocycles. The van der Waals surface area contributed by atoms with Crippen LogP contribution in [0.2, 0.25) is 0 Å². The first kappa shape index (κ1) is 18.3. The zero-order chi connectivity index (χ0) is 18.4. The van der Waals surface area contributed by atoms with E-state index >= 15 is 0 Å². The summed E-state index contributed by atoms with van der Waals surface area (Å²) in [5.74, 6) is 1.14. The Morgan fingerprint density at radius 3 is 2.92 bits per heavy atom. The zero-order valence-electron chi connectivity index (χ0n) is 15.4. The van der Waals surface area contributed by atoms with E-state index in [1.54, 1.807) is 13.3 Å². The average molecular weight is 354 g/mol. The van der Waals surface area contributed by atoms with Gasteiger partial charge in [-0.2, -0.15) is 0 Å². The first-order valence-corrected chi connectivity index (χ1v) is 9.12. The van der Waals surface area contributed by atoms with E-state index in [1.165, 1.54) is 12.8 Å². The van der Waals surface area contributed by atoms with Crippen molar-refractivity contribution in [3.8, 4) is 11.3 Å². The molecule has 6 heteroatoms. The lowest BCUT2D eigenvalue weighted by Crippen LogP contribution is -2.26. The fourth-order valence-corrected chi connectivity index (χ4v) is 2.72. The lowest BCUT2D eigenvalue weighted by Gasteiger charge is -2.12. The first-order valence-electron chi connectivity index (χ1n) is 9.12. The monoisotopic (exact) mass is 354 g/mol. The Bertz CT molecular complexity index is 759. The minimum absolute atomic E-state index is 0.161. The van der Waals surface area contributed by atoms with E-state index in [1.807, 2.05) is 31.2 Å². The minimum atomic E-state index is -0.161. The van der Waals surface area contributed by atoms with Crippen molar-refractivity contribution >= 4 is 11.9 Å². The van der Waals surface area contributed by atoms with Gasteiger partial charge >= 0.3 is 0 Å². The highest BCUT2D eigenvalue weighted by atomic mass is 16.5. The van der Waals surface area contributed by atoms with Crippen molar-refractivity contribution in [3.63, 3.8) is 0 Å². The van der Waals surface area contributed by atoms with Gasteiger partial charge in [-0.25, -0.2) is 9.97 Å². The Morgan fingerprint density at radius 1 is 1.35 bits per heavy atom. The number of hydrogen-bond acceptors (Lipinski definition) is 5. The van der Waals surface area contributed by atoms with Gasteiger partial charge in [0.1, 0.15) is 0 Å². The van der Waals surface area contributed by atoms with Crippen LogP contribution in [0.1, 0.15) is 35.2 Å². The van der Waals surface area contributed by atoms with Gasteiger partial charge in [0.15, 0.2) is 0 Å². The van der Waals surface area contributed by atoms with Gasteiger partial charge in [0.25, 0.3) is 5.91 Å². The molecule has 0 aliphatic heterocycles. The summed E-state index contributed by atoms with van der Waals surface area (Å²) in [4.78, 5) is 21.6. The summed E-state index contributed by atoms with van der Waals surface area (Å²) in [6.45, 7) is 4.09. The molecule has 1 heterocycles. The number of carbonyl (C=O) groups excluding carboxylic acids is 1. The Morgan fingerprint density at radius 2 is 2.19 bits per heavy atom. The van der Waals surface area contributed by atoms with Crippen LogP contribution in [0.3, 0.4) is 0 Å². The van der Waals surface area contributed by atoms with Gasteiger partial charge in [-0.05, 0) is 38.2 Å². The predicted octanol–water partition coefficient (Wildman–Crippen LogP) is 3.04. The molecule has 0 spiro atoms. The number of nitrogens with one attached hydrogen (secondary N) is 2. The second-order valence-electron chi connectivity index (χ2n) is 6.75. The average Bonchev–Trinajstić information content (AvgIpc) is 3.48. The molecule has 1 aromatic heterocycles. The number of aryl methyl sites for hydroxylation is 1. The molecule has 2 aromatic rings. The van der Waals surface area contributed by atoms with Crippen molar-refractivity contribution in [1.82, 2.24) is 15.3 Å². The summed E-state index contributed by atoms with van der Waals surface area (Å²) in [6.07, 6.45) is 4.91. The van der Waals surface area contributed by atoms with Gasteiger partial charge < -0.3 is 15.4 Å². The summed E-state index contributed by atoms with van der Waals surface area (Å²) < 4.78 is 5.02. The van der Waals surface area contributed by atoms with Crippen molar-refractivity contribution in [2.24, 2.45) is 5.92 Å². The number of methoxy groups -OCH3 is 1. The van der Waals surface area contributed by atoms with Gasteiger partial charge in [0, 0.05) is 38.6 Å². The number of anilines is 1. The van der Waals surface area contributed by atoms with E-state index in [0.29, 0.717) is 30.4 Å². The van der Waals surface area contributed by atoms with Crippen molar-refractivity contribution in [2.45, 2.75) is 26.2 Å². The van der Waals surface area contributed by atoms with E-state index in [4.69, 9.17) is 4.74 Å². The SMILES string of the molecule is COCCCNC(=O)c1cnc(NCC2CC2)nc1-c1cccc(C)c1. The number of carbonyl (C=O) groups is 1. The number of amides is 1. The summed E-state index contributed by atoms with van der Waals surface area (Å²) in [5, 5.41) is 6.21. The maximum Gasteiger partial charge on any atom is 0.255 e. The normalized spacial score (nSPS) is 13.5. The maximum atomic E-state index is 12.6. The summed E-state index contributed by atoms with van der Waals surface area (Å²) in [5.41, 5.74) is 3.19. The Balaban J connectivity index is 1.82. The number of aromatic nitrogens is 2. The molecule has 0 radical (unpaired) electrons. The van der Waals surface area contributed by atoms with Crippen molar-refractivity contribution in [2.75, 3.05) is 32.1 Å². The van der Waals surface area contributed by atoms with Crippen molar-refractivity contribution in [3.05, 3.63) is 41.6 Å². The highest BCUT2D eigenvalue weighted by Crippen LogP contribution is 2.29. The third kappa shape index (κ3) is 5.02. The fourth-order valence-electron chi connectivity index (χ4n) is 2.72. The molecule has 1 aliphatic rings. The lowest BCUT2D eigenvalue weighted by molar-refractivity contribution is 0.0948. The van der Waals surface area contributed by atoms with Crippen LogP contribution in [0.25, 0.3) is 11.3 Å². The van der Waals surface area contributed by atoms with Gasteiger partial charge in [-0.1, -0.05) is 23.8 Å². The van der Waals surface area contributed by atoms with Crippen LogP contribution in [0.15, 0.2) is 30.5 Å². The van der Waals surface area contributed by atoms with Crippen molar-refractivity contribution in [1.29, 1.82) is 0 Å². The minimum Gasteiger partial charge on any atom is -0.385 e. The smallest absolute Gasteiger partial charge is 0.255 e. The Kier molecular flexibility index (Phi) is 6.17.